The van der Waals surface area contributed by atoms with Crippen LogP contribution in [0.25, 0.3) is 11.3 Å². The van der Waals surface area contributed by atoms with Crippen molar-refractivity contribution in [3.05, 3.63) is 48.2 Å². The van der Waals surface area contributed by atoms with E-state index < -0.39 is 0 Å². The Labute approximate surface area is 100 Å². The third-order valence-electron chi connectivity index (χ3n) is 2.41. The number of ether oxygens (including phenoxy) is 1. The topological polar surface area (TPSA) is 39.2 Å². The molecule has 2 rings (SSSR count). The maximum Gasteiger partial charge on any atom is 0.308 e. The molecule has 0 saturated heterocycles. The first kappa shape index (κ1) is 11.3. The molecule has 0 radical (unpaired) electrons. The molecule has 0 aliphatic heterocycles. The molecule has 0 spiro atoms. The maximum atomic E-state index is 11.1. The third kappa shape index (κ3) is 2.50. The van der Waals surface area contributed by atoms with Gasteiger partial charge in [0.1, 0.15) is 5.75 Å². The van der Waals surface area contributed by atoms with Crippen molar-refractivity contribution in [2.75, 3.05) is 0 Å². The third-order valence-corrected chi connectivity index (χ3v) is 2.41. The van der Waals surface area contributed by atoms with E-state index in [4.69, 9.17) is 4.74 Å². The van der Waals surface area contributed by atoms with Crippen molar-refractivity contribution in [2.24, 2.45) is 0 Å². The second kappa shape index (κ2) is 4.78. The molecule has 0 N–H and O–H groups in total. The standard InChI is InChI=1S/C14H13NO2/c1-10-6-5-8-13(17-11(2)16)14(10)12-7-3-4-9-15-12/h3-9H,1-2H3. The van der Waals surface area contributed by atoms with Gasteiger partial charge in [-0.3, -0.25) is 9.78 Å². The highest BCUT2D eigenvalue weighted by molar-refractivity contribution is 5.77. The summed E-state index contributed by atoms with van der Waals surface area (Å²) in [4.78, 5) is 15.4. The average Bonchev–Trinajstić information content (AvgIpc) is 2.29. The smallest absolute Gasteiger partial charge is 0.308 e. The monoisotopic (exact) mass is 227 g/mol. The fourth-order valence-corrected chi connectivity index (χ4v) is 1.72. The molecular weight excluding hydrogens is 214 g/mol. The second-order valence-corrected chi connectivity index (χ2v) is 3.76. The lowest BCUT2D eigenvalue weighted by Gasteiger charge is -2.10. The van der Waals surface area contributed by atoms with Crippen molar-refractivity contribution < 1.29 is 9.53 Å². The van der Waals surface area contributed by atoms with Gasteiger partial charge in [0, 0.05) is 18.7 Å². The summed E-state index contributed by atoms with van der Waals surface area (Å²) in [6.07, 6.45) is 1.72. The van der Waals surface area contributed by atoms with E-state index in [1.807, 2.05) is 37.3 Å². The van der Waals surface area contributed by atoms with Gasteiger partial charge in [-0.2, -0.15) is 0 Å². The number of carbonyl (C=O) groups excluding carboxylic acids is 1. The Morgan fingerprint density at radius 2 is 2.00 bits per heavy atom. The lowest BCUT2D eigenvalue weighted by molar-refractivity contribution is -0.131. The number of benzene rings is 1. The number of esters is 1. The van der Waals surface area contributed by atoms with Crippen LogP contribution in [0.4, 0.5) is 0 Å². The summed E-state index contributed by atoms with van der Waals surface area (Å²) in [5.74, 6) is 0.226. The van der Waals surface area contributed by atoms with Crippen LogP contribution in [0.1, 0.15) is 12.5 Å². The van der Waals surface area contributed by atoms with Gasteiger partial charge in [-0.15, -0.1) is 0 Å². The zero-order valence-electron chi connectivity index (χ0n) is 9.81. The first-order chi connectivity index (χ1) is 8.18. The Morgan fingerprint density at radius 3 is 2.65 bits per heavy atom. The van der Waals surface area contributed by atoms with Crippen molar-refractivity contribution in [3.63, 3.8) is 0 Å². The first-order valence-electron chi connectivity index (χ1n) is 5.38. The number of hydrogen-bond acceptors (Lipinski definition) is 3. The van der Waals surface area contributed by atoms with E-state index in [-0.39, 0.29) is 5.97 Å². The van der Waals surface area contributed by atoms with Gasteiger partial charge in [0.2, 0.25) is 0 Å². The fourth-order valence-electron chi connectivity index (χ4n) is 1.72. The number of rotatable bonds is 2. The lowest BCUT2D eigenvalue weighted by atomic mass is 10.0. The summed E-state index contributed by atoms with van der Waals surface area (Å²) in [5.41, 5.74) is 2.70. The van der Waals surface area contributed by atoms with Crippen molar-refractivity contribution in [2.45, 2.75) is 13.8 Å². The summed E-state index contributed by atoms with van der Waals surface area (Å²) in [6, 6.07) is 11.3. The quantitative estimate of drug-likeness (QED) is 0.585. The van der Waals surface area contributed by atoms with Crippen LogP contribution in [0.5, 0.6) is 5.75 Å². The Hall–Kier alpha value is -2.16. The Bertz CT molecular complexity index is 535. The van der Waals surface area contributed by atoms with Crippen LogP contribution in [-0.4, -0.2) is 11.0 Å². The van der Waals surface area contributed by atoms with Gasteiger partial charge in [0.25, 0.3) is 0 Å². The van der Waals surface area contributed by atoms with E-state index in [9.17, 15) is 4.79 Å². The van der Waals surface area contributed by atoms with Gasteiger partial charge in [-0.25, -0.2) is 0 Å². The van der Waals surface area contributed by atoms with Crippen LogP contribution in [0.3, 0.4) is 0 Å². The number of aromatic nitrogens is 1. The molecule has 2 aromatic rings. The Morgan fingerprint density at radius 1 is 1.18 bits per heavy atom. The summed E-state index contributed by atoms with van der Waals surface area (Å²) in [7, 11) is 0. The van der Waals surface area contributed by atoms with Gasteiger partial charge >= 0.3 is 5.97 Å². The van der Waals surface area contributed by atoms with E-state index >= 15 is 0 Å². The molecule has 0 amide bonds. The zero-order valence-corrected chi connectivity index (χ0v) is 9.81. The van der Waals surface area contributed by atoms with Gasteiger partial charge < -0.3 is 4.74 Å². The van der Waals surface area contributed by atoms with Crippen LogP contribution in [0.15, 0.2) is 42.6 Å². The highest BCUT2D eigenvalue weighted by Gasteiger charge is 2.11. The molecule has 1 heterocycles. The van der Waals surface area contributed by atoms with Gasteiger partial charge in [-0.05, 0) is 30.7 Å². The van der Waals surface area contributed by atoms with E-state index in [0.717, 1.165) is 16.8 Å². The molecule has 86 valence electrons. The second-order valence-electron chi connectivity index (χ2n) is 3.76. The van der Waals surface area contributed by atoms with Gasteiger partial charge in [0.05, 0.1) is 5.69 Å². The van der Waals surface area contributed by atoms with Crippen molar-refractivity contribution in [3.8, 4) is 17.0 Å². The van der Waals surface area contributed by atoms with Crippen molar-refractivity contribution >= 4 is 5.97 Å². The highest BCUT2D eigenvalue weighted by Crippen LogP contribution is 2.31. The predicted octanol–water partition coefficient (Wildman–Crippen LogP) is 2.98. The normalized spacial score (nSPS) is 10.0. The summed E-state index contributed by atoms with van der Waals surface area (Å²) in [6.45, 7) is 3.36. The molecule has 0 saturated carbocycles. The summed E-state index contributed by atoms with van der Waals surface area (Å²) >= 11 is 0. The van der Waals surface area contributed by atoms with E-state index in [2.05, 4.69) is 4.98 Å². The molecule has 0 aliphatic carbocycles. The van der Waals surface area contributed by atoms with Gasteiger partial charge in [-0.1, -0.05) is 18.2 Å². The number of pyridine rings is 1. The minimum absolute atomic E-state index is 0.326. The van der Waals surface area contributed by atoms with E-state index in [0.29, 0.717) is 5.75 Å². The number of aryl methyl sites for hydroxylation is 1. The average molecular weight is 227 g/mol. The van der Waals surface area contributed by atoms with Crippen molar-refractivity contribution in [1.82, 2.24) is 4.98 Å². The van der Waals surface area contributed by atoms with E-state index in [1.54, 1.807) is 12.3 Å². The molecule has 0 atom stereocenters. The SMILES string of the molecule is CC(=O)Oc1cccc(C)c1-c1ccccn1. The molecule has 3 nitrogen and oxygen atoms in total. The minimum atomic E-state index is -0.326. The first-order valence-corrected chi connectivity index (χ1v) is 5.38. The maximum absolute atomic E-state index is 11.1. The molecule has 0 unspecified atom stereocenters. The molecule has 0 fully saturated rings. The Balaban J connectivity index is 2.55. The molecular formula is C14H13NO2. The largest absolute Gasteiger partial charge is 0.426 e. The molecule has 3 heteroatoms. The minimum Gasteiger partial charge on any atom is -0.426 e. The van der Waals surface area contributed by atoms with Crippen LogP contribution in [0, 0.1) is 6.92 Å². The number of nitrogens with zero attached hydrogens (tertiary/aromatic N) is 1. The number of carbonyl (C=O) groups is 1. The number of hydrogen-bond donors (Lipinski definition) is 0. The molecule has 17 heavy (non-hydrogen) atoms. The summed E-state index contributed by atoms with van der Waals surface area (Å²) in [5, 5.41) is 0. The van der Waals surface area contributed by atoms with Crippen LogP contribution >= 0.6 is 0 Å². The molecule has 0 aliphatic rings. The summed E-state index contributed by atoms with van der Waals surface area (Å²) < 4.78 is 5.20. The van der Waals surface area contributed by atoms with Crippen LogP contribution in [-0.2, 0) is 4.79 Å². The van der Waals surface area contributed by atoms with Crippen molar-refractivity contribution in [1.29, 1.82) is 0 Å². The fraction of sp³-hybridized carbons (Fsp3) is 0.143. The predicted molar refractivity (Wildman–Crippen MR) is 65.7 cm³/mol. The molecule has 1 aromatic carbocycles. The Kier molecular flexibility index (Phi) is 3.19. The van der Waals surface area contributed by atoms with Crippen LogP contribution in [0.2, 0.25) is 0 Å². The zero-order chi connectivity index (χ0) is 12.3. The molecule has 1 aromatic heterocycles. The highest BCUT2D eigenvalue weighted by atomic mass is 16.5. The molecule has 0 bridgehead atoms. The van der Waals surface area contributed by atoms with Crippen LogP contribution < -0.4 is 4.74 Å². The lowest BCUT2D eigenvalue weighted by Crippen LogP contribution is -2.03. The van der Waals surface area contributed by atoms with Gasteiger partial charge in [0.15, 0.2) is 0 Å². The van der Waals surface area contributed by atoms with E-state index in [1.165, 1.54) is 6.92 Å².